The maximum Gasteiger partial charge on any atom is 0.391 e. The summed E-state index contributed by atoms with van der Waals surface area (Å²) in [4.78, 5) is 4.48. The number of aromatic nitrogens is 1. The molecular weight excluding hydrogens is 409 g/mol. The van der Waals surface area contributed by atoms with Crippen molar-refractivity contribution >= 4 is 26.5 Å². The molecule has 4 nitrogen and oxygen atoms in total. The van der Waals surface area contributed by atoms with Crippen LogP contribution < -0.4 is 4.72 Å². The maximum atomic E-state index is 12.8. The van der Waals surface area contributed by atoms with Crippen molar-refractivity contribution in [2.24, 2.45) is 5.92 Å². The molecule has 1 aromatic carbocycles. The van der Waals surface area contributed by atoms with Gasteiger partial charge in [0.25, 0.3) is 10.0 Å². The lowest BCUT2D eigenvalue weighted by atomic mass is 9.80. The van der Waals surface area contributed by atoms with Crippen molar-refractivity contribution in [3.8, 4) is 0 Å². The van der Waals surface area contributed by atoms with Crippen molar-refractivity contribution in [3.63, 3.8) is 0 Å². The van der Waals surface area contributed by atoms with Gasteiger partial charge in [-0.15, -0.1) is 11.3 Å². The van der Waals surface area contributed by atoms with Crippen LogP contribution in [0.3, 0.4) is 0 Å². The molecule has 28 heavy (non-hydrogen) atoms. The van der Waals surface area contributed by atoms with E-state index in [9.17, 15) is 21.6 Å². The Kier molecular flexibility index (Phi) is 6.05. The normalized spacial score (nSPS) is 21.1. The first-order chi connectivity index (χ1) is 13.1. The van der Waals surface area contributed by atoms with Crippen LogP contribution in [0.15, 0.2) is 34.5 Å². The number of nitrogens with one attached hydrogen (secondary N) is 1. The summed E-state index contributed by atoms with van der Waals surface area (Å²) in [7, 11) is -3.75. The van der Waals surface area contributed by atoms with Crippen molar-refractivity contribution in [2.45, 2.75) is 62.4 Å². The summed E-state index contributed by atoms with van der Waals surface area (Å²) < 4.78 is 66.0. The number of sulfonamides is 1. The van der Waals surface area contributed by atoms with Crippen LogP contribution >= 0.6 is 11.3 Å². The average molecular weight is 433 g/mol. The number of anilines is 1. The number of hydrogen-bond acceptors (Lipinski definition) is 4. The molecule has 154 valence electrons. The van der Waals surface area contributed by atoms with Crippen molar-refractivity contribution in [1.29, 1.82) is 0 Å². The predicted octanol–water partition coefficient (Wildman–Crippen LogP) is 5.90. The summed E-state index contributed by atoms with van der Waals surface area (Å²) in [6.07, 6.45) is -3.13. The minimum atomic E-state index is -4.14. The third-order valence-electron chi connectivity index (χ3n) is 5.21. The van der Waals surface area contributed by atoms with Crippen LogP contribution in [-0.2, 0) is 10.0 Å². The molecule has 1 aromatic heterocycles. The highest BCUT2D eigenvalue weighted by molar-refractivity contribution is 7.93. The Hall–Kier alpha value is -1.61. The third kappa shape index (κ3) is 4.86. The number of nitrogens with zero attached hydrogens (tertiary/aromatic N) is 1. The second kappa shape index (κ2) is 8.02. The molecule has 9 heteroatoms. The van der Waals surface area contributed by atoms with Crippen molar-refractivity contribution in [2.75, 3.05) is 4.72 Å². The largest absolute Gasteiger partial charge is 0.391 e. The molecule has 0 saturated heterocycles. The molecule has 3 rings (SSSR count). The van der Waals surface area contributed by atoms with Crippen LogP contribution in [0, 0.1) is 5.92 Å². The smallest absolute Gasteiger partial charge is 0.255 e. The van der Waals surface area contributed by atoms with Crippen LogP contribution in [0.2, 0.25) is 0 Å². The highest BCUT2D eigenvalue weighted by Crippen LogP contribution is 2.43. The first-order valence-corrected chi connectivity index (χ1v) is 11.6. The zero-order chi connectivity index (χ0) is 20.5. The first-order valence-electron chi connectivity index (χ1n) is 9.21. The zero-order valence-corrected chi connectivity index (χ0v) is 17.3. The topological polar surface area (TPSA) is 59.1 Å². The lowest BCUT2D eigenvalue weighted by Crippen LogP contribution is -2.27. The zero-order valence-electron chi connectivity index (χ0n) is 15.7. The molecule has 0 radical (unpaired) electrons. The van der Waals surface area contributed by atoms with Crippen molar-refractivity contribution in [3.05, 3.63) is 40.9 Å². The summed E-state index contributed by atoms with van der Waals surface area (Å²) in [5, 5.41) is 1.97. The predicted molar refractivity (Wildman–Crippen MR) is 104 cm³/mol. The van der Waals surface area contributed by atoms with E-state index in [-0.39, 0.29) is 28.8 Å². The second-order valence-electron chi connectivity index (χ2n) is 7.50. The molecule has 0 amide bonds. The fourth-order valence-electron chi connectivity index (χ4n) is 3.44. The molecule has 0 bridgehead atoms. The summed E-state index contributed by atoms with van der Waals surface area (Å²) in [6, 6.07) is 6.69. The number of hydrogen-bond donors (Lipinski definition) is 1. The molecule has 1 heterocycles. The Morgan fingerprint density at radius 3 is 2.25 bits per heavy atom. The molecular formula is C19H23F3N2O2S2. The van der Waals surface area contributed by atoms with E-state index in [4.69, 9.17) is 0 Å². The Balaban J connectivity index is 1.66. The van der Waals surface area contributed by atoms with Crippen LogP contribution in [0.5, 0.6) is 0 Å². The number of alkyl halides is 3. The number of thiazole rings is 1. The number of rotatable bonds is 5. The van der Waals surface area contributed by atoms with E-state index in [1.54, 1.807) is 29.6 Å². The Morgan fingerprint density at radius 1 is 1.11 bits per heavy atom. The maximum absolute atomic E-state index is 12.8. The van der Waals surface area contributed by atoms with Gasteiger partial charge in [0.1, 0.15) is 0 Å². The minimum absolute atomic E-state index is 0.0570. The molecule has 0 spiro atoms. The SMILES string of the molecule is CC(C)c1ccc(S(=O)(=O)Nc2nc(C3CCC(C(F)(F)F)CC3)cs2)cc1. The fraction of sp³-hybridized carbons (Fsp3) is 0.526. The molecule has 1 fully saturated rings. The molecule has 2 aromatic rings. The van der Waals surface area contributed by atoms with Gasteiger partial charge in [0.2, 0.25) is 0 Å². The molecule has 0 aliphatic heterocycles. The van der Waals surface area contributed by atoms with Gasteiger partial charge in [-0.25, -0.2) is 13.4 Å². The van der Waals surface area contributed by atoms with Gasteiger partial charge in [0.05, 0.1) is 16.5 Å². The van der Waals surface area contributed by atoms with Gasteiger partial charge in [0.15, 0.2) is 5.13 Å². The van der Waals surface area contributed by atoms with Gasteiger partial charge in [-0.2, -0.15) is 13.2 Å². The highest BCUT2D eigenvalue weighted by atomic mass is 32.2. The van der Waals surface area contributed by atoms with Crippen molar-refractivity contribution in [1.82, 2.24) is 4.98 Å². The number of halogens is 3. The van der Waals surface area contributed by atoms with E-state index in [1.165, 1.54) is 0 Å². The molecule has 1 aliphatic carbocycles. The monoisotopic (exact) mass is 432 g/mol. The molecule has 0 unspecified atom stereocenters. The van der Waals surface area contributed by atoms with E-state index in [2.05, 4.69) is 9.71 Å². The van der Waals surface area contributed by atoms with Gasteiger partial charge in [-0.1, -0.05) is 26.0 Å². The summed E-state index contributed by atoms with van der Waals surface area (Å²) in [6.45, 7) is 4.06. The van der Waals surface area contributed by atoms with Gasteiger partial charge in [-0.3, -0.25) is 4.72 Å². The van der Waals surface area contributed by atoms with Crippen LogP contribution in [-0.4, -0.2) is 19.6 Å². The summed E-state index contributed by atoms with van der Waals surface area (Å²) in [5.41, 5.74) is 1.71. The minimum Gasteiger partial charge on any atom is -0.255 e. The summed E-state index contributed by atoms with van der Waals surface area (Å²) in [5.74, 6) is -0.994. The standard InChI is InChI=1S/C19H23F3N2O2S2/c1-12(2)13-5-9-16(10-6-13)28(25,26)24-18-23-17(11-27-18)14-3-7-15(8-4-14)19(20,21)22/h5-6,9-12,14-15H,3-4,7-8H2,1-2H3,(H,23,24). The van der Waals surface area contributed by atoms with E-state index in [1.807, 2.05) is 13.8 Å². The second-order valence-corrected chi connectivity index (χ2v) is 10.0. The van der Waals surface area contributed by atoms with Crippen molar-refractivity contribution < 1.29 is 21.6 Å². The van der Waals surface area contributed by atoms with E-state index in [0.717, 1.165) is 16.9 Å². The quantitative estimate of drug-likeness (QED) is 0.640. The van der Waals surface area contributed by atoms with Crippen LogP contribution in [0.1, 0.15) is 62.6 Å². The Morgan fingerprint density at radius 2 is 1.71 bits per heavy atom. The van der Waals surface area contributed by atoms with Crippen LogP contribution in [0.4, 0.5) is 18.3 Å². The lowest BCUT2D eigenvalue weighted by molar-refractivity contribution is -0.182. The molecule has 1 aliphatic rings. The van der Waals surface area contributed by atoms with Gasteiger partial charge in [0, 0.05) is 11.3 Å². The molecule has 1 N–H and O–H groups in total. The van der Waals surface area contributed by atoms with E-state index >= 15 is 0 Å². The van der Waals surface area contributed by atoms with Gasteiger partial charge >= 0.3 is 6.18 Å². The average Bonchev–Trinajstić information content (AvgIpc) is 3.09. The molecule has 1 saturated carbocycles. The first kappa shape index (κ1) is 21.1. The van der Waals surface area contributed by atoms with E-state index < -0.39 is 22.1 Å². The van der Waals surface area contributed by atoms with Crippen LogP contribution in [0.25, 0.3) is 0 Å². The number of benzene rings is 1. The third-order valence-corrected chi connectivity index (χ3v) is 7.47. The Bertz CT molecular complexity index is 898. The Labute approximate surface area is 167 Å². The van der Waals surface area contributed by atoms with E-state index in [0.29, 0.717) is 24.5 Å². The van der Waals surface area contributed by atoms with Gasteiger partial charge in [-0.05, 0) is 49.3 Å². The van der Waals surface area contributed by atoms with Gasteiger partial charge < -0.3 is 0 Å². The fourth-order valence-corrected chi connectivity index (χ4v) is 5.49. The molecule has 0 atom stereocenters. The summed E-state index contributed by atoms with van der Waals surface area (Å²) >= 11 is 1.16. The highest BCUT2D eigenvalue weighted by Gasteiger charge is 2.41. The lowest BCUT2D eigenvalue weighted by Gasteiger charge is -2.28.